The molecule has 2 heterocycles. The van der Waals surface area contributed by atoms with Gasteiger partial charge in [-0.15, -0.1) is 0 Å². The predicted molar refractivity (Wildman–Crippen MR) is 111 cm³/mol. The second kappa shape index (κ2) is 8.13. The van der Waals surface area contributed by atoms with Crippen molar-refractivity contribution in [2.45, 2.75) is 19.3 Å². The van der Waals surface area contributed by atoms with Gasteiger partial charge < -0.3 is 0 Å². The third kappa shape index (κ3) is 3.99. The fourth-order valence-corrected chi connectivity index (χ4v) is 3.54. The smallest absolute Gasteiger partial charge is 0.123 e. The van der Waals surface area contributed by atoms with E-state index in [9.17, 15) is 4.39 Å². The summed E-state index contributed by atoms with van der Waals surface area (Å²) in [7, 11) is 0. The zero-order chi connectivity index (χ0) is 19.3. The van der Waals surface area contributed by atoms with Gasteiger partial charge in [-0.1, -0.05) is 48.0 Å². The summed E-state index contributed by atoms with van der Waals surface area (Å²) in [6, 6.07) is 21.3. The summed E-state index contributed by atoms with van der Waals surface area (Å²) in [5.74, 6) is -0.129. The Kier molecular flexibility index (Phi) is 5.24. The molecule has 0 unspecified atom stereocenters. The molecule has 0 amide bonds. The van der Waals surface area contributed by atoms with E-state index in [1.165, 1.54) is 11.6 Å². The van der Waals surface area contributed by atoms with Crippen molar-refractivity contribution >= 4 is 0 Å². The van der Waals surface area contributed by atoms with E-state index in [0.717, 1.165) is 34.2 Å². The van der Waals surface area contributed by atoms with Crippen LogP contribution in [-0.4, -0.2) is 9.97 Å². The van der Waals surface area contributed by atoms with Gasteiger partial charge in [0.2, 0.25) is 0 Å². The van der Waals surface area contributed by atoms with Gasteiger partial charge in [0, 0.05) is 30.7 Å². The number of benzene rings is 2. The summed E-state index contributed by atoms with van der Waals surface area (Å²) in [5.41, 5.74) is 6.48. The van der Waals surface area contributed by atoms with Crippen molar-refractivity contribution in [1.82, 2.24) is 9.97 Å². The minimum atomic E-state index is -0.223. The molecule has 0 aliphatic rings. The number of aromatic nitrogens is 2. The summed E-state index contributed by atoms with van der Waals surface area (Å²) in [5, 5.41) is 0. The number of hydrogen-bond acceptors (Lipinski definition) is 2. The van der Waals surface area contributed by atoms with Crippen LogP contribution in [0.5, 0.6) is 0 Å². The van der Waals surface area contributed by atoms with Gasteiger partial charge in [0.15, 0.2) is 0 Å². The van der Waals surface area contributed by atoms with Crippen LogP contribution < -0.4 is 0 Å². The quantitative estimate of drug-likeness (QED) is 0.434. The first-order valence-electron chi connectivity index (χ1n) is 9.36. The molecule has 4 rings (SSSR count). The van der Waals surface area contributed by atoms with Gasteiger partial charge in [0.25, 0.3) is 0 Å². The molecule has 0 bridgehead atoms. The standard InChI is InChI=1S/C25H21FN2/c1-18-6-8-19(9-7-18)25-15-23(26)11-10-20(25)14-24(21-4-2-12-27-16-21)22-5-3-13-28-17-22/h2-13,15-17,24H,14H2,1H3. The Bertz CT molecular complexity index is 1010. The lowest BCUT2D eigenvalue weighted by molar-refractivity contribution is 0.627. The van der Waals surface area contributed by atoms with Crippen LogP contribution in [0.2, 0.25) is 0 Å². The Labute approximate surface area is 164 Å². The van der Waals surface area contributed by atoms with Gasteiger partial charge in [-0.2, -0.15) is 0 Å². The Hall–Kier alpha value is -3.33. The van der Waals surface area contributed by atoms with E-state index in [1.54, 1.807) is 18.5 Å². The largest absolute Gasteiger partial charge is 0.264 e. The molecule has 0 radical (unpaired) electrons. The van der Waals surface area contributed by atoms with Gasteiger partial charge >= 0.3 is 0 Å². The van der Waals surface area contributed by atoms with Gasteiger partial charge in [0.1, 0.15) is 5.82 Å². The number of rotatable bonds is 5. The van der Waals surface area contributed by atoms with Crippen molar-refractivity contribution in [3.05, 3.63) is 120 Å². The van der Waals surface area contributed by atoms with Crippen LogP contribution in [0.4, 0.5) is 4.39 Å². The lowest BCUT2D eigenvalue weighted by atomic mass is 9.85. The van der Waals surface area contributed by atoms with Gasteiger partial charge in [-0.3, -0.25) is 9.97 Å². The highest BCUT2D eigenvalue weighted by Gasteiger charge is 2.18. The second-order valence-corrected chi connectivity index (χ2v) is 7.00. The van der Waals surface area contributed by atoms with Crippen LogP contribution in [0.1, 0.15) is 28.2 Å². The average molecular weight is 368 g/mol. The highest BCUT2D eigenvalue weighted by Crippen LogP contribution is 2.33. The third-order valence-electron chi connectivity index (χ3n) is 5.03. The molecular formula is C25H21FN2. The highest BCUT2D eigenvalue weighted by molar-refractivity contribution is 5.68. The van der Waals surface area contributed by atoms with Gasteiger partial charge in [-0.25, -0.2) is 4.39 Å². The molecule has 138 valence electrons. The first-order chi connectivity index (χ1) is 13.7. The summed E-state index contributed by atoms with van der Waals surface area (Å²) in [6.45, 7) is 2.05. The van der Waals surface area contributed by atoms with E-state index >= 15 is 0 Å². The lowest BCUT2D eigenvalue weighted by Crippen LogP contribution is -2.07. The zero-order valence-corrected chi connectivity index (χ0v) is 15.7. The van der Waals surface area contributed by atoms with Crippen LogP contribution in [0.15, 0.2) is 91.5 Å². The minimum Gasteiger partial charge on any atom is -0.264 e. The Morgan fingerprint density at radius 2 is 1.46 bits per heavy atom. The third-order valence-corrected chi connectivity index (χ3v) is 5.03. The maximum atomic E-state index is 14.1. The molecule has 0 spiro atoms. The first-order valence-corrected chi connectivity index (χ1v) is 9.36. The van der Waals surface area contributed by atoms with E-state index in [0.29, 0.717) is 0 Å². The normalized spacial score (nSPS) is 11.0. The van der Waals surface area contributed by atoms with Gasteiger partial charge in [0.05, 0.1) is 0 Å². The molecule has 0 aliphatic heterocycles. The number of halogens is 1. The lowest BCUT2D eigenvalue weighted by Gasteiger charge is -2.20. The second-order valence-electron chi connectivity index (χ2n) is 7.00. The monoisotopic (exact) mass is 368 g/mol. The van der Waals surface area contributed by atoms with Crippen molar-refractivity contribution in [3.63, 3.8) is 0 Å². The van der Waals surface area contributed by atoms with Crippen LogP contribution in [0, 0.1) is 12.7 Å². The van der Waals surface area contributed by atoms with Crippen molar-refractivity contribution in [3.8, 4) is 11.1 Å². The summed E-state index contributed by atoms with van der Waals surface area (Å²) >= 11 is 0. The zero-order valence-electron chi connectivity index (χ0n) is 15.7. The molecule has 0 saturated carbocycles. The fourth-order valence-electron chi connectivity index (χ4n) is 3.54. The van der Waals surface area contributed by atoms with Crippen LogP contribution in [0.3, 0.4) is 0 Å². The Balaban J connectivity index is 1.78. The van der Waals surface area contributed by atoms with E-state index in [1.807, 2.05) is 30.6 Å². The Morgan fingerprint density at radius 1 is 0.821 bits per heavy atom. The van der Waals surface area contributed by atoms with E-state index in [4.69, 9.17) is 0 Å². The molecule has 0 saturated heterocycles. The molecule has 3 heteroatoms. The molecule has 0 aliphatic carbocycles. The first kappa shape index (κ1) is 18.1. The average Bonchev–Trinajstić information content (AvgIpc) is 2.75. The molecule has 2 aromatic carbocycles. The van der Waals surface area contributed by atoms with Crippen LogP contribution >= 0.6 is 0 Å². The molecule has 0 atom stereocenters. The minimum absolute atomic E-state index is 0.0945. The van der Waals surface area contributed by atoms with Gasteiger partial charge in [-0.05, 0) is 65.4 Å². The maximum Gasteiger partial charge on any atom is 0.123 e. The highest BCUT2D eigenvalue weighted by atomic mass is 19.1. The van der Waals surface area contributed by atoms with Crippen molar-refractivity contribution in [1.29, 1.82) is 0 Å². The van der Waals surface area contributed by atoms with Crippen LogP contribution in [0.25, 0.3) is 11.1 Å². The SMILES string of the molecule is Cc1ccc(-c2cc(F)ccc2CC(c2cccnc2)c2cccnc2)cc1. The summed E-state index contributed by atoms with van der Waals surface area (Å²) in [6.07, 6.45) is 8.08. The Morgan fingerprint density at radius 3 is 2.04 bits per heavy atom. The van der Waals surface area contributed by atoms with Crippen LogP contribution in [-0.2, 0) is 6.42 Å². The molecule has 0 N–H and O–H groups in total. The van der Waals surface area contributed by atoms with Crippen molar-refractivity contribution < 1.29 is 4.39 Å². The molecule has 0 fully saturated rings. The fraction of sp³-hybridized carbons (Fsp3) is 0.120. The van der Waals surface area contributed by atoms with Crippen molar-refractivity contribution in [2.24, 2.45) is 0 Å². The van der Waals surface area contributed by atoms with E-state index in [-0.39, 0.29) is 11.7 Å². The number of pyridine rings is 2. The number of aryl methyl sites for hydroxylation is 1. The summed E-state index contributed by atoms with van der Waals surface area (Å²) < 4.78 is 14.1. The van der Waals surface area contributed by atoms with Crippen molar-refractivity contribution in [2.75, 3.05) is 0 Å². The molecular weight excluding hydrogens is 347 g/mol. The van der Waals surface area contributed by atoms with E-state index < -0.39 is 0 Å². The summed E-state index contributed by atoms with van der Waals surface area (Å²) in [4.78, 5) is 8.59. The molecule has 28 heavy (non-hydrogen) atoms. The van der Waals surface area contributed by atoms with E-state index in [2.05, 4.69) is 53.3 Å². The maximum absolute atomic E-state index is 14.1. The molecule has 2 nitrogen and oxygen atoms in total. The predicted octanol–water partition coefficient (Wildman–Crippen LogP) is 5.97. The molecule has 4 aromatic rings. The topological polar surface area (TPSA) is 25.8 Å². The number of nitrogens with zero attached hydrogens (tertiary/aromatic N) is 2. The molecule has 2 aromatic heterocycles. The number of hydrogen-bond donors (Lipinski definition) is 0.